The third-order valence-corrected chi connectivity index (χ3v) is 3.42. The number of hydrogen-bond donors (Lipinski definition) is 2. The van der Waals surface area contributed by atoms with Gasteiger partial charge >= 0.3 is 6.03 Å². The number of anilines is 1. The van der Waals surface area contributed by atoms with Crippen LogP contribution in [0.15, 0.2) is 42.5 Å². The van der Waals surface area contributed by atoms with Crippen molar-refractivity contribution in [2.45, 2.75) is 13.5 Å². The molecule has 0 fully saturated rings. The second-order valence-corrected chi connectivity index (χ2v) is 5.10. The monoisotopic (exact) mass is 334 g/mol. The Morgan fingerprint density at radius 2 is 1.96 bits per heavy atom. The summed E-state index contributed by atoms with van der Waals surface area (Å²) in [5, 5.41) is 5.96. The molecule has 0 saturated carbocycles. The van der Waals surface area contributed by atoms with Crippen molar-refractivity contribution < 1.29 is 14.3 Å². The summed E-state index contributed by atoms with van der Waals surface area (Å²) in [6, 6.07) is 12.3. The SMILES string of the molecule is CCOc1ccc(NC(=O)NCc2ccccc2OC)cc1Cl. The van der Waals surface area contributed by atoms with E-state index in [0.29, 0.717) is 29.6 Å². The van der Waals surface area contributed by atoms with Gasteiger partial charge in [0, 0.05) is 17.8 Å². The molecule has 2 aromatic rings. The molecule has 6 heteroatoms. The molecule has 0 aromatic heterocycles. The molecule has 0 atom stereocenters. The highest BCUT2D eigenvalue weighted by Gasteiger charge is 2.07. The molecule has 0 aliphatic carbocycles. The van der Waals surface area contributed by atoms with E-state index in [1.54, 1.807) is 25.3 Å². The largest absolute Gasteiger partial charge is 0.496 e. The summed E-state index contributed by atoms with van der Waals surface area (Å²) in [5.41, 5.74) is 1.49. The van der Waals surface area contributed by atoms with Crippen LogP contribution in [0.4, 0.5) is 10.5 Å². The number of urea groups is 1. The van der Waals surface area contributed by atoms with Crippen molar-refractivity contribution in [3.8, 4) is 11.5 Å². The van der Waals surface area contributed by atoms with Crippen molar-refractivity contribution >= 4 is 23.3 Å². The number of halogens is 1. The highest BCUT2D eigenvalue weighted by atomic mass is 35.5. The van der Waals surface area contributed by atoms with Crippen molar-refractivity contribution in [2.24, 2.45) is 0 Å². The Morgan fingerprint density at radius 3 is 2.65 bits per heavy atom. The average molecular weight is 335 g/mol. The first-order valence-electron chi connectivity index (χ1n) is 7.23. The zero-order chi connectivity index (χ0) is 16.7. The maximum absolute atomic E-state index is 12.0. The van der Waals surface area contributed by atoms with Crippen LogP contribution in [-0.2, 0) is 6.54 Å². The summed E-state index contributed by atoms with van der Waals surface area (Å²) >= 11 is 6.09. The van der Waals surface area contributed by atoms with Gasteiger partial charge in [0.15, 0.2) is 0 Å². The number of carbonyl (C=O) groups is 1. The minimum Gasteiger partial charge on any atom is -0.496 e. The highest BCUT2D eigenvalue weighted by Crippen LogP contribution is 2.27. The molecule has 0 radical (unpaired) electrons. The normalized spacial score (nSPS) is 10.0. The molecule has 122 valence electrons. The van der Waals surface area contributed by atoms with Gasteiger partial charge in [-0.3, -0.25) is 0 Å². The summed E-state index contributed by atoms with van der Waals surface area (Å²) in [4.78, 5) is 12.0. The maximum Gasteiger partial charge on any atom is 0.319 e. The smallest absolute Gasteiger partial charge is 0.319 e. The lowest BCUT2D eigenvalue weighted by Gasteiger charge is -2.11. The van der Waals surface area contributed by atoms with Crippen molar-refractivity contribution in [3.63, 3.8) is 0 Å². The second kappa shape index (κ2) is 8.29. The number of carbonyl (C=O) groups excluding carboxylic acids is 1. The number of amides is 2. The van der Waals surface area contributed by atoms with Crippen LogP contribution in [0.1, 0.15) is 12.5 Å². The predicted octanol–water partition coefficient (Wildman–Crippen LogP) is 4.07. The van der Waals surface area contributed by atoms with Gasteiger partial charge < -0.3 is 20.1 Å². The zero-order valence-corrected chi connectivity index (χ0v) is 13.8. The van der Waals surface area contributed by atoms with Crippen LogP contribution in [0.25, 0.3) is 0 Å². The van der Waals surface area contributed by atoms with Crippen LogP contribution in [0.5, 0.6) is 11.5 Å². The number of para-hydroxylation sites is 1. The molecular weight excluding hydrogens is 316 g/mol. The Kier molecular flexibility index (Phi) is 6.11. The quantitative estimate of drug-likeness (QED) is 0.837. The molecule has 2 N–H and O–H groups in total. The van der Waals surface area contributed by atoms with Crippen LogP contribution in [-0.4, -0.2) is 19.7 Å². The molecular formula is C17H19ClN2O3. The van der Waals surface area contributed by atoms with Gasteiger partial charge in [-0.15, -0.1) is 0 Å². The van der Waals surface area contributed by atoms with Crippen LogP contribution >= 0.6 is 11.6 Å². The Balaban J connectivity index is 1.93. The standard InChI is InChI=1S/C17H19ClN2O3/c1-3-23-16-9-8-13(10-14(16)18)20-17(21)19-11-12-6-4-5-7-15(12)22-2/h4-10H,3,11H2,1-2H3,(H2,19,20,21). The minimum absolute atomic E-state index is 0.323. The van der Waals surface area contributed by atoms with Gasteiger partial charge in [0.1, 0.15) is 11.5 Å². The Labute approximate surface area is 140 Å². The topological polar surface area (TPSA) is 59.6 Å². The van der Waals surface area contributed by atoms with Crippen LogP contribution < -0.4 is 20.1 Å². The van der Waals surface area contributed by atoms with E-state index in [9.17, 15) is 4.79 Å². The van der Waals surface area contributed by atoms with E-state index < -0.39 is 0 Å². The lowest BCUT2D eigenvalue weighted by molar-refractivity contribution is 0.251. The lowest BCUT2D eigenvalue weighted by atomic mass is 10.2. The molecule has 2 amide bonds. The van der Waals surface area contributed by atoms with E-state index in [0.717, 1.165) is 11.3 Å². The summed E-state index contributed by atoms with van der Waals surface area (Å²) in [7, 11) is 1.60. The molecule has 0 saturated heterocycles. The minimum atomic E-state index is -0.323. The average Bonchev–Trinajstić information content (AvgIpc) is 2.56. The predicted molar refractivity (Wildman–Crippen MR) is 91.5 cm³/mol. The van der Waals surface area contributed by atoms with Crippen molar-refractivity contribution in [3.05, 3.63) is 53.1 Å². The van der Waals surface area contributed by atoms with E-state index >= 15 is 0 Å². The van der Waals surface area contributed by atoms with Crippen LogP contribution in [0, 0.1) is 0 Å². The summed E-state index contributed by atoms with van der Waals surface area (Å²) in [6.07, 6.45) is 0. The van der Waals surface area contributed by atoms with Gasteiger partial charge in [-0.2, -0.15) is 0 Å². The first-order chi connectivity index (χ1) is 11.1. The van der Waals surface area contributed by atoms with E-state index in [4.69, 9.17) is 21.1 Å². The van der Waals surface area contributed by atoms with Gasteiger partial charge in [-0.05, 0) is 31.2 Å². The van der Waals surface area contributed by atoms with Crippen LogP contribution in [0.2, 0.25) is 5.02 Å². The fourth-order valence-corrected chi connectivity index (χ4v) is 2.29. The first kappa shape index (κ1) is 17.0. The molecule has 0 heterocycles. The van der Waals surface area contributed by atoms with Gasteiger partial charge in [0.25, 0.3) is 0 Å². The third-order valence-electron chi connectivity index (χ3n) is 3.12. The molecule has 0 aliphatic rings. The fourth-order valence-electron chi connectivity index (χ4n) is 2.05. The molecule has 5 nitrogen and oxygen atoms in total. The first-order valence-corrected chi connectivity index (χ1v) is 7.61. The summed E-state index contributed by atoms with van der Waals surface area (Å²) < 4.78 is 10.6. The molecule has 2 rings (SSSR count). The number of rotatable bonds is 6. The molecule has 2 aromatic carbocycles. The summed E-state index contributed by atoms with van der Waals surface area (Å²) in [5.74, 6) is 1.33. The Morgan fingerprint density at radius 1 is 1.17 bits per heavy atom. The van der Waals surface area contributed by atoms with E-state index in [-0.39, 0.29) is 6.03 Å². The van der Waals surface area contributed by atoms with Gasteiger partial charge in [-0.1, -0.05) is 29.8 Å². The second-order valence-electron chi connectivity index (χ2n) is 4.70. The Hall–Kier alpha value is -2.40. The van der Waals surface area contributed by atoms with Gasteiger partial charge in [0.2, 0.25) is 0 Å². The number of nitrogens with one attached hydrogen (secondary N) is 2. The molecule has 0 aliphatic heterocycles. The number of hydrogen-bond acceptors (Lipinski definition) is 3. The Bertz CT molecular complexity index is 677. The van der Waals surface area contributed by atoms with Gasteiger partial charge in [0.05, 0.1) is 18.7 Å². The lowest BCUT2D eigenvalue weighted by Crippen LogP contribution is -2.28. The molecule has 0 spiro atoms. The summed E-state index contributed by atoms with van der Waals surface area (Å²) in [6.45, 7) is 2.78. The number of methoxy groups -OCH3 is 1. The van der Waals surface area contributed by atoms with E-state index in [2.05, 4.69) is 10.6 Å². The van der Waals surface area contributed by atoms with Crippen molar-refractivity contribution in [1.82, 2.24) is 5.32 Å². The third kappa shape index (κ3) is 4.79. The molecule has 23 heavy (non-hydrogen) atoms. The number of benzene rings is 2. The van der Waals surface area contributed by atoms with Crippen molar-refractivity contribution in [1.29, 1.82) is 0 Å². The van der Waals surface area contributed by atoms with Gasteiger partial charge in [-0.25, -0.2) is 4.79 Å². The van der Waals surface area contributed by atoms with E-state index in [1.807, 2.05) is 31.2 Å². The fraction of sp³-hybridized carbons (Fsp3) is 0.235. The highest BCUT2D eigenvalue weighted by molar-refractivity contribution is 6.32. The molecule has 0 unspecified atom stereocenters. The van der Waals surface area contributed by atoms with Crippen molar-refractivity contribution in [2.75, 3.05) is 19.0 Å². The maximum atomic E-state index is 12.0. The zero-order valence-electron chi connectivity index (χ0n) is 13.1. The van der Waals surface area contributed by atoms with E-state index in [1.165, 1.54) is 0 Å². The van der Waals surface area contributed by atoms with Crippen LogP contribution in [0.3, 0.4) is 0 Å². The molecule has 0 bridgehead atoms. The number of ether oxygens (including phenoxy) is 2.